The number of amides is 2. The Balaban J connectivity index is 1.63. The topological polar surface area (TPSA) is 40.6 Å². The van der Waals surface area contributed by atoms with Crippen molar-refractivity contribution in [3.8, 4) is 0 Å². The molecule has 4 nitrogen and oxygen atoms in total. The second-order valence-corrected chi connectivity index (χ2v) is 8.39. The van der Waals surface area contributed by atoms with Crippen LogP contribution in [-0.2, 0) is 16.0 Å². The average molecular weight is 391 g/mol. The van der Waals surface area contributed by atoms with Gasteiger partial charge in [0.25, 0.3) is 0 Å². The molecule has 2 amide bonds. The summed E-state index contributed by atoms with van der Waals surface area (Å²) in [5.74, 6) is 0.197. The first kappa shape index (κ1) is 19.7. The summed E-state index contributed by atoms with van der Waals surface area (Å²) in [5.41, 5.74) is 3.59. The highest BCUT2D eigenvalue weighted by atomic mass is 16.2. The fraction of sp³-hybridized carbons (Fsp3) is 0.440. The van der Waals surface area contributed by atoms with Crippen LogP contribution in [0.1, 0.15) is 68.3 Å². The molecule has 0 N–H and O–H groups in total. The van der Waals surface area contributed by atoms with E-state index in [-0.39, 0.29) is 29.9 Å². The van der Waals surface area contributed by atoms with Crippen LogP contribution in [0, 0.1) is 0 Å². The van der Waals surface area contributed by atoms with Crippen LogP contribution < -0.4 is 0 Å². The van der Waals surface area contributed by atoms with Gasteiger partial charge in [-0.05, 0) is 49.3 Å². The van der Waals surface area contributed by atoms with Gasteiger partial charge in [0.2, 0.25) is 11.8 Å². The summed E-state index contributed by atoms with van der Waals surface area (Å²) in [4.78, 5) is 29.9. The first-order chi connectivity index (χ1) is 14.1. The Morgan fingerprint density at radius 3 is 2.48 bits per heavy atom. The number of likely N-dealkylation sites (tertiary alicyclic amines) is 1. The molecule has 2 aliphatic rings. The molecule has 0 bridgehead atoms. The molecule has 3 atom stereocenters. The number of piperidine rings is 1. The largest absolute Gasteiger partial charge is 0.335 e. The molecule has 0 saturated carbocycles. The third-order valence-electron chi connectivity index (χ3n) is 6.57. The number of fused-ring (bicyclic) bond motifs is 1. The van der Waals surface area contributed by atoms with E-state index in [4.69, 9.17) is 0 Å². The Labute approximate surface area is 173 Å². The lowest BCUT2D eigenvalue weighted by atomic mass is 9.88. The number of carbonyl (C=O) groups excluding carboxylic acids is 2. The van der Waals surface area contributed by atoms with Crippen LogP contribution in [0.2, 0.25) is 0 Å². The minimum absolute atomic E-state index is 0.0450. The Hall–Kier alpha value is -2.62. The Morgan fingerprint density at radius 1 is 1.00 bits per heavy atom. The van der Waals surface area contributed by atoms with Crippen LogP contribution >= 0.6 is 0 Å². The zero-order valence-electron chi connectivity index (χ0n) is 17.4. The molecule has 4 heteroatoms. The van der Waals surface area contributed by atoms with E-state index in [9.17, 15) is 9.59 Å². The third-order valence-corrected chi connectivity index (χ3v) is 6.57. The maximum Gasteiger partial charge on any atom is 0.225 e. The lowest BCUT2D eigenvalue weighted by molar-refractivity contribution is -0.141. The van der Waals surface area contributed by atoms with Gasteiger partial charge in [-0.2, -0.15) is 0 Å². The average Bonchev–Trinajstić information content (AvgIpc) is 2.74. The van der Waals surface area contributed by atoms with Gasteiger partial charge in [-0.1, -0.05) is 54.6 Å². The van der Waals surface area contributed by atoms with E-state index in [2.05, 4.69) is 36.1 Å². The molecule has 0 radical (unpaired) electrons. The first-order valence-electron chi connectivity index (χ1n) is 10.8. The molecule has 0 aliphatic carbocycles. The summed E-state index contributed by atoms with van der Waals surface area (Å²) >= 11 is 0. The molecule has 0 spiro atoms. The van der Waals surface area contributed by atoms with E-state index in [0.29, 0.717) is 13.0 Å². The van der Waals surface area contributed by atoms with Gasteiger partial charge in [0, 0.05) is 19.5 Å². The Morgan fingerprint density at radius 2 is 1.72 bits per heavy atom. The van der Waals surface area contributed by atoms with E-state index in [1.807, 2.05) is 35.2 Å². The van der Waals surface area contributed by atoms with Crippen molar-refractivity contribution < 1.29 is 9.59 Å². The molecule has 0 unspecified atom stereocenters. The van der Waals surface area contributed by atoms with Crippen molar-refractivity contribution in [2.45, 2.75) is 64.1 Å². The van der Waals surface area contributed by atoms with E-state index in [1.165, 1.54) is 11.1 Å². The van der Waals surface area contributed by atoms with Gasteiger partial charge >= 0.3 is 0 Å². The second kappa shape index (κ2) is 8.40. The molecule has 1 fully saturated rings. The fourth-order valence-corrected chi connectivity index (χ4v) is 5.13. The Kier molecular flexibility index (Phi) is 5.70. The van der Waals surface area contributed by atoms with Crippen LogP contribution in [0.15, 0.2) is 54.6 Å². The van der Waals surface area contributed by atoms with Crippen LogP contribution in [0.5, 0.6) is 0 Å². The van der Waals surface area contributed by atoms with Crippen LogP contribution in [0.3, 0.4) is 0 Å². The van der Waals surface area contributed by atoms with Crippen LogP contribution in [-0.4, -0.2) is 34.2 Å². The van der Waals surface area contributed by atoms with Gasteiger partial charge in [0.15, 0.2) is 0 Å². The smallest absolute Gasteiger partial charge is 0.225 e. The molecule has 2 aromatic carbocycles. The highest BCUT2D eigenvalue weighted by Gasteiger charge is 2.37. The monoisotopic (exact) mass is 390 g/mol. The Bertz CT molecular complexity index is 879. The summed E-state index contributed by atoms with van der Waals surface area (Å²) in [7, 11) is 0. The number of nitrogens with zero attached hydrogens (tertiary/aromatic N) is 2. The second-order valence-electron chi connectivity index (χ2n) is 8.39. The van der Waals surface area contributed by atoms with Crippen molar-refractivity contribution in [3.63, 3.8) is 0 Å². The SMILES string of the molecule is CC(=O)N1CCc2ccccc2[C@@H]1CC(=O)N1[C@H](C)CCC[C@H]1c1ccccc1. The van der Waals surface area contributed by atoms with E-state index in [0.717, 1.165) is 31.2 Å². The van der Waals surface area contributed by atoms with E-state index >= 15 is 0 Å². The number of hydrogen-bond acceptors (Lipinski definition) is 2. The third kappa shape index (κ3) is 3.93. The van der Waals surface area contributed by atoms with Gasteiger partial charge in [-0.15, -0.1) is 0 Å². The molecule has 2 heterocycles. The van der Waals surface area contributed by atoms with Crippen LogP contribution in [0.25, 0.3) is 0 Å². The zero-order chi connectivity index (χ0) is 20.4. The van der Waals surface area contributed by atoms with Gasteiger partial charge in [0.05, 0.1) is 18.5 Å². The van der Waals surface area contributed by atoms with Gasteiger partial charge in [-0.25, -0.2) is 0 Å². The van der Waals surface area contributed by atoms with Gasteiger partial charge in [-0.3, -0.25) is 9.59 Å². The van der Waals surface area contributed by atoms with Crippen molar-refractivity contribution in [1.29, 1.82) is 0 Å². The molecule has 2 aromatic rings. The summed E-state index contributed by atoms with van der Waals surface area (Å²) < 4.78 is 0. The standard InChI is InChI=1S/C25H30N2O2/c1-18-9-8-14-23(21-11-4-3-5-12-21)27(18)25(29)17-24-22-13-7-6-10-20(22)15-16-26(24)19(2)28/h3-7,10-13,18,23-24H,8-9,14-17H2,1-2H3/t18-,23+,24+/m1/s1. The summed E-state index contributed by atoms with van der Waals surface area (Å²) in [5, 5.41) is 0. The first-order valence-corrected chi connectivity index (χ1v) is 10.8. The predicted octanol–water partition coefficient (Wildman–Crippen LogP) is 4.66. The molecule has 4 rings (SSSR count). The minimum Gasteiger partial charge on any atom is -0.335 e. The number of hydrogen-bond donors (Lipinski definition) is 0. The van der Waals surface area contributed by atoms with Crippen molar-refractivity contribution in [3.05, 3.63) is 71.3 Å². The minimum atomic E-state index is -0.171. The lowest BCUT2D eigenvalue weighted by Gasteiger charge is -2.43. The summed E-state index contributed by atoms with van der Waals surface area (Å²) in [6, 6.07) is 18.8. The molecular weight excluding hydrogens is 360 g/mol. The maximum absolute atomic E-state index is 13.6. The molecule has 1 saturated heterocycles. The molecule has 152 valence electrons. The summed E-state index contributed by atoms with van der Waals surface area (Å²) in [6.07, 6.45) is 4.37. The highest BCUT2D eigenvalue weighted by molar-refractivity contribution is 5.80. The van der Waals surface area contributed by atoms with Crippen molar-refractivity contribution in [1.82, 2.24) is 9.80 Å². The van der Waals surface area contributed by atoms with Crippen molar-refractivity contribution >= 4 is 11.8 Å². The number of benzene rings is 2. The molecule has 29 heavy (non-hydrogen) atoms. The zero-order valence-corrected chi connectivity index (χ0v) is 17.4. The molecular formula is C25H30N2O2. The summed E-state index contributed by atoms with van der Waals surface area (Å²) in [6.45, 7) is 4.45. The van der Waals surface area contributed by atoms with E-state index in [1.54, 1.807) is 6.92 Å². The maximum atomic E-state index is 13.6. The van der Waals surface area contributed by atoms with Crippen molar-refractivity contribution in [2.75, 3.05) is 6.54 Å². The number of carbonyl (C=O) groups is 2. The quantitative estimate of drug-likeness (QED) is 0.764. The van der Waals surface area contributed by atoms with Gasteiger partial charge in [0.1, 0.15) is 0 Å². The molecule has 2 aliphatic heterocycles. The van der Waals surface area contributed by atoms with Crippen LogP contribution in [0.4, 0.5) is 0 Å². The molecule has 0 aromatic heterocycles. The van der Waals surface area contributed by atoms with E-state index < -0.39 is 0 Å². The number of rotatable bonds is 3. The fourth-order valence-electron chi connectivity index (χ4n) is 5.13. The normalized spacial score (nSPS) is 24.1. The lowest BCUT2D eigenvalue weighted by Crippen LogP contribution is -2.47. The highest BCUT2D eigenvalue weighted by Crippen LogP contribution is 2.38. The van der Waals surface area contributed by atoms with Crippen molar-refractivity contribution in [2.24, 2.45) is 0 Å². The van der Waals surface area contributed by atoms with Gasteiger partial charge < -0.3 is 9.80 Å². The predicted molar refractivity (Wildman–Crippen MR) is 114 cm³/mol.